The van der Waals surface area contributed by atoms with E-state index in [0.717, 1.165) is 29.7 Å². The van der Waals surface area contributed by atoms with Crippen molar-refractivity contribution in [2.45, 2.75) is 114 Å². The fraction of sp³-hybridized carbons (Fsp3) is 0.532. The SMILES string of the molecule is [C-]#[N+]C1=C(C(=O)OC2C(C(C)(C)C)CC(C)CC2C(C)(C)C)c2nc(-c3ccc(C(C)(C)C)cc3)nn2C1=Nc1ccc(N(CC)CCOC(=O)C(=C)C)cc1C. The summed E-state index contributed by atoms with van der Waals surface area (Å²) in [5.74, 6) is 0.655. The molecule has 1 aromatic heterocycles. The monoisotopic (exact) mass is 774 g/mol. The van der Waals surface area contributed by atoms with E-state index in [0.29, 0.717) is 36.1 Å². The summed E-state index contributed by atoms with van der Waals surface area (Å²) < 4.78 is 13.6. The molecule has 0 N–H and O–H groups in total. The van der Waals surface area contributed by atoms with Crippen LogP contribution in [0.15, 0.2) is 65.3 Å². The normalized spacial score (nSPS) is 20.6. The number of fused-ring (bicyclic) bond motifs is 1. The Hall–Kier alpha value is -5.04. The lowest BCUT2D eigenvalue weighted by atomic mass is 9.59. The summed E-state index contributed by atoms with van der Waals surface area (Å²) in [6, 6.07) is 14.0. The molecule has 0 saturated heterocycles. The minimum absolute atomic E-state index is 0.0301. The second-order valence-electron chi connectivity index (χ2n) is 19.1. The fourth-order valence-electron chi connectivity index (χ4n) is 8.04. The number of aryl methyl sites for hydroxylation is 1. The minimum atomic E-state index is -0.574. The van der Waals surface area contributed by atoms with Crippen molar-refractivity contribution in [3.05, 3.63) is 88.7 Å². The summed E-state index contributed by atoms with van der Waals surface area (Å²) in [5.41, 5.74) is 4.64. The van der Waals surface area contributed by atoms with Crippen molar-refractivity contribution in [2.24, 2.45) is 33.6 Å². The highest BCUT2D eigenvalue weighted by Crippen LogP contribution is 2.50. The Kier molecular flexibility index (Phi) is 12.4. The lowest BCUT2D eigenvalue weighted by Gasteiger charge is -2.50. The molecule has 2 aromatic carbocycles. The molecule has 2 aliphatic rings. The molecule has 0 spiro atoms. The number of carbonyl (C=O) groups is 2. The molecule has 2 heterocycles. The largest absolute Gasteiger partial charge is 0.460 e. The zero-order chi connectivity index (χ0) is 42.2. The fourth-order valence-corrected chi connectivity index (χ4v) is 8.04. The van der Waals surface area contributed by atoms with Gasteiger partial charge in [-0.15, -0.1) is 5.10 Å². The number of hydrogen-bond acceptors (Lipinski definition) is 8. The van der Waals surface area contributed by atoms with Gasteiger partial charge >= 0.3 is 11.9 Å². The van der Waals surface area contributed by atoms with Crippen molar-refractivity contribution in [1.82, 2.24) is 14.8 Å². The Morgan fingerprint density at radius 3 is 2.12 bits per heavy atom. The molecule has 57 heavy (non-hydrogen) atoms. The first kappa shape index (κ1) is 43.1. The topological polar surface area (TPSA) is 103 Å². The predicted molar refractivity (Wildman–Crippen MR) is 229 cm³/mol. The van der Waals surface area contributed by atoms with E-state index in [1.165, 1.54) is 10.2 Å². The Labute approximate surface area is 340 Å². The molecule has 10 heteroatoms. The highest BCUT2D eigenvalue weighted by atomic mass is 16.5. The van der Waals surface area contributed by atoms with Gasteiger partial charge in [0.25, 0.3) is 0 Å². The summed E-state index contributed by atoms with van der Waals surface area (Å²) in [5, 5.41) is 4.90. The summed E-state index contributed by atoms with van der Waals surface area (Å²) in [6.45, 7) is 41.2. The lowest BCUT2D eigenvalue weighted by molar-refractivity contribution is -0.162. The number of nitrogens with zero attached hydrogens (tertiary/aromatic N) is 6. The van der Waals surface area contributed by atoms with Crippen LogP contribution >= 0.6 is 0 Å². The lowest BCUT2D eigenvalue weighted by Crippen LogP contribution is -2.49. The van der Waals surface area contributed by atoms with E-state index in [1.54, 1.807) is 6.92 Å². The van der Waals surface area contributed by atoms with Crippen LogP contribution in [0.3, 0.4) is 0 Å². The van der Waals surface area contributed by atoms with Crippen LogP contribution in [0.25, 0.3) is 21.8 Å². The molecule has 3 aromatic rings. The molecule has 304 valence electrons. The van der Waals surface area contributed by atoms with E-state index >= 15 is 0 Å². The minimum Gasteiger partial charge on any atom is -0.460 e. The zero-order valence-electron chi connectivity index (χ0n) is 36.4. The number of benzene rings is 2. The molecule has 0 radical (unpaired) electrons. The van der Waals surface area contributed by atoms with Gasteiger partial charge in [-0.25, -0.2) is 29.1 Å². The number of hydrogen-bond donors (Lipinski definition) is 0. The number of carbonyl (C=O) groups excluding carboxylic acids is 2. The van der Waals surface area contributed by atoms with Crippen molar-refractivity contribution in [2.75, 3.05) is 24.6 Å². The Morgan fingerprint density at radius 2 is 1.61 bits per heavy atom. The number of ether oxygens (including phenoxy) is 2. The number of allylic oxidation sites excluding steroid dienone is 1. The van der Waals surface area contributed by atoms with Crippen LogP contribution in [-0.2, 0) is 24.5 Å². The smallest absolute Gasteiger partial charge is 0.333 e. The molecule has 1 aliphatic carbocycles. The number of rotatable bonds is 10. The summed E-state index contributed by atoms with van der Waals surface area (Å²) in [6.07, 6.45) is 1.55. The molecule has 5 rings (SSSR count). The third kappa shape index (κ3) is 9.41. The van der Waals surface area contributed by atoms with Crippen molar-refractivity contribution in [1.29, 1.82) is 0 Å². The first-order valence-corrected chi connectivity index (χ1v) is 20.2. The van der Waals surface area contributed by atoms with E-state index in [9.17, 15) is 9.59 Å². The van der Waals surface area contributed by atoms with Gasteiger partial charge in [-0.1, -0.05) is 100 Å². The third-order valence-corrected chi connectivity index (χ3v) is 11.5. The number of anilines is 1. The van der Waals surface area contributed by atoms with Gasteiger partial charge in [0.1, 0.15) is 18.3 Å². The van der Waals surface area contributed by atoms with E-state index in [2.05, 4.69) is 97.7 Å². The average Bonchev–Trinajstić information content (AvgIpc) is 3.67. The van der Waals surface area contributed by atoms with Gasteiger partial charge in [0.05, 0.1) is 18.8 Å². The van der Waals surface area contributed by atoms with Gasteiger partial charge in [-0.3, -0.25) is 0 Å². The van der Waals surface area contributed by atoms with E-state index < -0.39 is 11.9 Å². The van der Waals surface area contributed by atoms with Crippen LogP contribution < -0.4 is 4.90 Å². The second kappa shape index (κ2) is 16.4. The predicted octanol–water partition coefficient (Wildman–Crippen LogP) is 10.4. The molecule has 10 nitrogen and oxygen atoms in total. The van der Waals surface area contributed by atoms with Gasteiger partial charge in [-0.2, -0.15) is 0 Å². The van der Waals surface area contributed by atoms with Crippen LogP contribution in [-0.4, -0.2) is 58.3 Å². The molecule has 2 atom stereocenters. The molecule has 1 saturated carbocycles. The number of aliphatic imine (C=N–C) groups is 1. The highest BCUT2D eigenvalue weighted by Gasteiger charge is 2.49. The molecule has 0 bridgehead atoms. The summed E-state index contributed by atoms with van der Waals surface area (Å²) in [7, 11) is 0. The maximum atomic E-state index is 14.8. The van der Waals surface area contributed by atoms with Crippen molar-refractivity contribution in [3.8, 4) is 11.4 Å². The Morgan fingerprint density at radius 1 is 1.00 bits per heavy atom. The second-order valence-corrected chi connectivity index (χ2v) is 19.1. The number of esters is 2. The van der Waals surface area contributed by atoms with Gasteiger partial charge in [0.15, 0.2) is 17.5 Å². The first-order valence-electron chi connectivity index (χ1n) is 20.2. The van der Waals surface area contributed by atoms with Crippen LogP contribution in [0, 0.1) is 42.1 Å². The Bertz CT molecular complexity index is 2090. The molecule has 0 amide bonds. The zero-order valence-corrected chi connectivity index (χ0v) is 36.4. The van der Waals surface area contributed by atoms with Gasteiger partial charge in [0, 0.05) is 35.2 Å². The van der Waals surface area contributed by atoms with E-state index in [1.807, 2.05) is 44.2 Å². The average molecular weight is 775 g/mol. The van der Waals surface area contributed by atoms with Gasteiger partial charge < -0.3 is 14.4 Å². The summed E-state index contributed by atoms with van der Waals surface area (Å²) >= 11 is 0. The van der Waals surface area contributed by atoms with E-state index in [-0.39, 0.29) is 63.7 Å². The van der Waals surface area contributed by atoms with Gasteiger partial charge in [-0.05, 0) is 85.1 Å². The maximum absolute atomic E-state index is 14.8. The van der Waals surface area contributed by atoms with Crippen molar-refractivity contribution < 1.29 is 19.1 Å². The maximum Gasteiger partial charge on any atom is 0.333 e. The molecule has 1 fully saturated rings. The third-order valence-electron chi connectivity index (χ3n) is 11.5. The summed E-state index contributed by atoms with van der Waals surface area (Å²) in [4.78, 5) is 42.7. The standard InChI is InChI=1S/C47H62N6O4/c1-16-52(23-24-56-43(54)28(2)3)33-21-22-36(30(5)27-33)49-42-38(48-15)37(41-50-40(51-53(41)42)31-17-19-32(20-18-31)45(6,7)8)44(55)57-39-34(46(9,10)11)25-29(4)26-35(39)47(12,13)14/h17-22,27,29,34-35,39H,2,16,23-26H2,1,3-14H3. The van der Waals surface area contributed by atoms with Gasteiger partial charge in [0.2, 0.25) is 5.70 Å². The molecular weight excluding hydrogens is 713 g/mol. The highest BCUT2D eigenvalue weighted by molar-refractivity contribution is 6.29. The van der Waals surface area contributed by atoms with Crippen LogP contribution in [0.1, 0.15) is 113 Å². The number of likely N-dealkylation sites (N-methyl/N-ethyl adjacent to an activating group) is 1. The van der Waals surface area contributed by atoms with Crippen LogP contribution in [0.5, 0.6) is 0 Å². The van der Waals surface area contributed by atoms with Crippen LogP contribution in [0.4, 0.5) is 11.4 Å². The quantitative estimate of drug-likeness (QED) is 0.115. The molecular formula is C47H62N6O4. The number of aromatic nitrogens is 3. The first-order chi connectivity index (χ1) is 26.5. The van der Waals surface area contributed by atoms with Crippen molar-refractivity contribution >= 4 is 34.7 Å². The van der Waals surface area contributed by atoms with Crippen LogP contribution in [0.2, 0.25) is 0 Å². The molecule has 1 aliphatic heterocycles. The van der Waals surface area contributed by atoms with Crippen molar-refractivity contribution in [3.63, 3.8) is 0 Å². The Balaban J connectivity index is 1.59. The molecule has 2 unspecified atom stereocenters. The van der Waals surface area contributed by atoms with E-state index in [4.69, 9.17) is 31.1 Å².